The van der Waals surface area contributed by atoms with Crippen molar-refractivity contribution in [1.29, 1.82) is 0 Å². The second-order valence-corrected chi connectivity index (χ2v) is 2.66. The first-order valence-electron chi connectivity index (χ1n) is 3.63. The normalized spacial score (nSPS) is 9.58. The lowest BCUT2D eigenvalue weighted by molar-refractivity contribution is 0.400. The summed E-state index contributed by atoms with van der Waals surface area (Å²) in [6, 6.07) is 3.62. The summed E-state index contributed by atoms with van der Waals surface area (Å²) in [7, 11) is 5.38. The van der Waals surface area contributed by atoms with Crippen molar-refractivity contribution in [3.05, 3.63) is 12.1 Å². The molecule has 1 aromatic rings. The monoisotopic (exact) mass is 167 g/mol. The maximum absolute atomic E-state index is 5.59. The molecule has 2 N–H and O–H groups in total. The summed E-state index contributed by atoms with van der Waals surface area (Å²) >= 11 is 0. The van der Waals surface area contributed by atoms with E-state index < -0.39 is 0 Å². The van der Waals surface area contributed by atoms with Gasteiger partial charge in [0.15, 0.2) is 0 Å². The van der Waals surface area contributed by atoms with Gasteiger partial charge in [0.25, 0.3) is 0 Å². The zero-order valence-corrected chi connectivity index (χ0v) is 7.53. The van der Waals surface area contributed by atoms with Crippen LogP contribution in [-0.2, 0) is 0 Å². The number of ether oxygens (including phenoxy) is 1. The van der Waals surface area contributed by atoms with E-state index in [-0.39, 0.29) is 0 Å². The fourth-order valence-electron chi connectivity index (χ4n) is 0.854. The van der Waals surface area contributed by atoms with E-state index in [0.29, 0.717) is 11.6 Å². The number of hydrogen-bond donors (Lipinski definition) is 1. The third-order valence-electron chi connectivity index (χ3n) is 1.53. The smallest absolute Gasteiger partial charge is 0.238 e. The van der Waals surface area contributed by atoms with Gasteiger partial charge in [-0.05, 0) is 12.1 Å². The molecule has 1 aromatic heterocycles. The maximum Gasteiger partial charge on any atom is 0.238 e. The first-order valence-corrected chi connectivity index (χ1v) is 3.63. The van der Waals surface area contributed by atoms with Crippen LogP contribution in [0.5, 0.6) is 5.88 Å². The number of nitrogens with zero attached hydrogens (tertiary/aromatic N) is 2. The number of hydrogen-bond acceptors (Lipinski definition) is 4. The summed E-state index contributed by atoms with van der Waals surface area (Å²) < 4.78 is 4.97. The molecule has 0 aliphatic heterocycles. The topological polar surface area (TPSA) is 51.4 Å². The molecule has 4 heteroatoms. The van der Waals surface area contributed by atoms with Crippen LogP contribution in [0.3, 0.4) is 0 Å². The Morgan fingerprint density at radius 2 is 2.08 bits per heavy atom. The predicted molar refractivity (Wildman–Crippen MR) is 49.5 cm³/mol. The number of methoxy groups -OCH3 is 1. The van der Waals surface area contributed by atoms with Gasteiger partial charge in [0.2, 0.25) is 5.88 Å². The minimum atomic E-state index is 0.473. The van der Waals surface area contributed by atoms with Gasteiger partial charge in [-0.2, -0.15) is 4.98 Å². The summed E-state index contributed by atoms with van der Waals surface area (Å²) in [5.41, 5.74) is 6.15. The predicted octanol–water partition coefficient (Wildman–Crippen LogP) is 0.738. The van der Waals surface area contributed by atoms with E-state index in [1.807, 2.05) is 25.1 Å². The fraction of sp³-hybridized carbons (Fsp3) is 0.375. The van der Waals surface area contributed by atoms with Gasteiger partial charge in [-0.25, -0.2) is 0 Å². The first kappa shape index (κ1) is 8.64. The number of rotatable bonds is 2. The first-order chi connectivity index (χ1) is 5.65. The zero-order chi connectivity index (χ0) is 9.14. The van der Waals surface area contributed by atoms with E-state index in [9.17, 15) is 0 Å². The van der Waals surface area contributed by atoms with Crippen molar-refractivity contribution in [2.24, 2.45) is 0 Å². The lowest BCUT2D eigenvalue weighted by Gasteiger charge is -2.12. The van der Waals surface area contributed by atoms with Crippen LogP contribution in [0.15, 0.2) is 12.1 Å². The van der Waals surface area contributed by atoms with Crippen molar-refractivity contribution in [2.45, 2.75) is 0 Å². The molecule has 0 saturated heterocycles. The molecule has 66 valence electrons. The molecule has 4 nitrogen and oxygen atoms in total. The highest BCUT2D eigenvalue weighted by Gasteiger charge is 2.03. The molecule has 0 bridgehead atoms. The second-order valence-electron chi connectivity index (χ2n) is 2.66. The number of anilines is 2. The molecule has 0 aliphatic carbocycles. The maximum atomic E-state index is 5.59. The van der Waals surface area contributed by atoms with Crippen molar-refractivity contribution in [3.8, 4) is 5.88 Å². The number of pyridine rings is 1. The van der Waals surface area contributed by atoms with E-state index in [1.54, 1.807) is 13.2 Å². The molecule has 0 unspecified atom stereocenters. The summed E-state index contributed by atoms with van der Waals surface area (Å²) in [5, 5.41) is 0. The summed E-state index contributed by atoms with van der Waals surface area (Å²) in [5.74, 6) is 1.31. The van der Waals surface area contributed by atoms with Crippen molar-refractivity contribution in [1.82, 2.24) is 4.98 Å². The van der Waals surface area contributed by atoms with Gasteiger partial charge < -0.3 is 15.4 Å². The molecule has 0 aliphatic rings. The van der Waals surface area contributed by atoms with Gasteiger partial charge in [-0.15, -0.1) is 0 Å². The third-order valence-corrected chi connectivity index (χ3v) is 1.53. The van der Waals surface area contributed by atoms with Gasteiger partial charge in [0, 0.05) is 14.1 Å². The Morgan fingerprint density at radius 3 is 2.58 bits per heavy atom. The van der Waals surface area contributed by atoms with Gasteiger partial charge in [0.05, 0.1) is 12.8 Å². The minimum absolute atomic E-state index is 0.473. The average Bonchev–Trinajstić information content (AvgIpc) is 2.05. The number of nitrogens with two attached hydrogens (primary N) is 1. The molecule has 0 amide bonds. The Bertz CT molecular complexity index is 273. The highest BCUT2D eigenvalue weighted by atomic mass is 16.5. The lowest BCUT2D eigenvalue weighted by Crippen LogP contribution is -2.11. The van der Waals surface area contributed by atoms with Crippen molar-refractivity contribution >= 4 is 11.5 Å². The zero-order valence-electron chi connectivity index (χ0n) is 7.53. The van der Waals surface area contributed by atoms with Crippen molar-refractivity contribution in [2.75, 3.05) is 31.8 Å². The van der Waals surface area contributed by atoms with Crippen LogP contribution in [0, 0.1) is 0 Å². The van der Waals surface area contributed by atoms with E-state index in [2.05, 4.69) is 4.98 Å². The Hall–Kier alpha value is -1.45. The van der Waals surface area contributed by atoms with E-state index in [1.165, 1.54) is 0 Å². The SMILES string of the molecule is COc1nc(N(C)C)ccc1N. The van der Waals surface area contributed by atoms with E-state index in [4.69, 9.17) is 10.5 Å². The van der Waals surface area contributed by atoms with Crippen LogP contribution >= 0.6 is 0 Å². The molecule has 0 atom stereocenters. The molecule has 0 spiro atoms. The van der Waals surface area contributed by atoms with Gasteiger partial charge in [-0.1, -0.05) is 0 Å². The molecule has 0 aromatic carbocycles. The van der Waals surface area contributed by atoms with Crippen LogP contribution < -0.4 is 15.4 Å². The van der Waals surface area contributed by atoms with Crippen LogP contribution in [-0.4, -0.2) is 26.2 Å². The quantitative estimate of drug-likeness (QED) is 0.705. The van der Waals surface area contributed by atoms with Crippen LogP contribution in [0.1, 0.15) is 0 Å². The molecule has 0 radical (unpaired) electrons. The third kappa shape index (κ3) is 1.58. The Balaban J connectivity index is 3.05. The molecule has 0 saturated carbocycles. The van der Waals surface area contributed by atoms with Crippen LogP contribution in [0.4, 0.5) is 11.5 Å². The largest absolute Gasteiger partial charge is 0.479 e. The highest BCUT2D eigenvalue weighted by Crippen LogP contribution is 2.20. The Morgan fingerprint density at radius 1 is 1.42 bits per heavy atom. The van der Waals surface area contributed by atoms with Gasteiger partial charge >= 0.3 is 0 Å². The average molecular weight is 167 g/mol. The standard InChI is InChI=1S/C8H13N3O/c1-11(2)7-5-4-6(9)8(10-7)12-3/h4-5H,9H2,1-3H3. The van der Waals surface area contributed by atoms with Gasteiger partial charge in [-0.3, -0.25) is 0 Å². The van der Waals surface area contributed by atoms with Gasteiger partial charge in [0.1, 0.15) is 5.82 Å². The Kier molecular flexibility index (Phi) is 2.38. The molecule has 1 rings (SSSR count). The van der Waals surface area contributed by atoms with E-state index >= 15 is 0 Å². The second kappa shape index (κ2) is 3.30. The number of aromatic nitrogens is 1. The molecular weight excluding hydrogens is 154 g/mol. The Labute approximate surface area is 72.0 Å². The summed E-state index contributed by atoms with van der Waals surface area (Å²) in [6.45, 7) is 0. The van der Waals surface area contributed by atoms with Crippen LogP contribution in [0.25, 0.3) is 0 Å². The summed E-state index contributed by atoms with van der Waals surface area (Å²) in [6.07, 6.45) is 0. The van der Waals surface area contributed by atoms with Crippen molar-refractivity contribution < 1.29 is 4.74 Å². The van der Waals surface area contributed by atoms with E-state index in [0.717, 1.165) is 5.82 Å². The summed E-state index contributed by atoms with van der Waals surface area (Å²) in [4.78, 5) is 6.06. The van der Waals surface area contributed by atoms with Crippen LogP contribution in [0.2, 0.25) is 0 Å². The molecule has 12 heavy (non-hydrogen) atoms. The molecule has 0 fully saturated rings. The molecular formula is C8H13N3O. The fourth-order valence-corrected chi connectivity index (χ4v) is 0.854. The molecule has 1 heterocycles. The lowest BCUT2D eigenvalue weighted by atomic mass is 10.4. The number of nitrogen functional groups attached to an aromatic ring is 1. The van der Waals surface area contributed by atoms with Crippen molar-refractivity contribution in [3.63, 3.8) is 0 Å². The highest BCUT2D eigenvalue weighted by molar-refractivity contribution is 5.53. The minimum Gasteiger partial charge on any atom is -0.479 e.